The molecule has 2 atom stereocenters. The van der Waals surface area contributed by atoms with Crippen LogP contribution in [-0.2, 0) is 0 Å². The van der Waals surface area contributed by atoms with Gasteiger partial charge in [-0.05, 0) is 44.4 Å². The van der Waals surface area contributed by atoms with Crippen LogP contribution >= 0.6 is 0 Å². The summed E-state index contributed by atoms with van der Waals surface area (Å²) in [5.74, 6) is 0.791. The molecule has 0 saturated heterocycles. The Morgan fingerprint density at radius 1 is 1.15 bits per heavy atom. The van der Waals surface area contributed by atoms with E-state index in [1.165, 1.54) is 0 Å². The minimum atomic E-state index is -4.05. The zero-order valence-corrected chi connectivity index (χ0v) is 12.1. The van der Waals surface area contributed by atoms with Gasteiger partial charge in [0.15, 0.2) is 0 Å². The molecule has 1 N–H and O–H groups in total. The van der Waals surface area contributed by atoms with Crippen molar-refractivity contribution >= 4 is 0 Å². The van der Waals surface area contributed by atoms with Crippen LogP contribution in [0, 0.1) is 0 Å². The maximum Gasteiger partial charge on any atom is 0.389 e. The van der Waals surface area contributed by atoms with Crippen LogP contribution in [0.15, 0.2) is 24.3 Å². The topological polar surface area (TPSA) is 21.3 Å². The molecule has 0 aliphatic carbocycles. The molecule has 0 aliphatic rings. The van der Waals surface area contributed by atoms with Crippen LogP contribution in [0.4, 0.5) is 13.2 Å². The number of rotatable bonds is 7. The standard InChI is InChI=1S/C15H22F3NO/c1-11(5-4-10-15(16,17)18)19-12(2)13-6-8-14(20-3)9-7-13/h6-9,11-12,19H,4-5,10H2,1-3H3/t11?,12-/m0/s1. The van der Waals surface area contributed by atoms with Gasteiger partial charge < -0.3 is 10.1 Å². The number of halogens is 3. The van der Waals surface area contributed by atoms with E-state index in [4.69, 9.17) is 4.74 Å². The van der Waals surface area contributed by atoms with Crippen molar-refractivity contribution in [1.29, 1.82) is 0 Å². The van der Waals surface area contributed by atoms with E-state index in [2.05, 4.69) is 5.32 Å². The number of ether oxygens (including phenoxy) is 1. The second-order valence-corrected chi connectivity index (χ2v) is 5.07. The maximum atomic E-state index is 12.1. The lowest BCUT2D eigenvalue weighted by molar-refractivity contribution is -0.135. The third-order valence-corrected chi connectivity index (χ3v) is 3.25. The first-order valence-electron chi connectivity index (χ1n) is 6.78. The summed E-state index contributed by atoms with van der Waals surface area (Å²) in [6.07, 6.45) is -4.09. The lowest BCUT2D eigenvalue weighted by atomic mass is 10.1. The second kappa shape index (κ2) is 7.53. The van der Waals surface area contributed by atoms with Crippen LogP contribution in [0.3, 0.4) is 0 Å². The molecule has 0 amide bonds. The van der Waals surface area contributed by atoms with Crippen molar-refractivity contribution in [2.45, 2.75) is 51.4 Å². The predicted octanol–water partition coefficient (Wildman–Crippen LogP) is 4.47. The van der Waals surface area contributed by atoms with Crippen LogP contribution in [0.1, 0.15) is 44.7 Å². The van der Waals surface area contributed by atoms with Crippen molar-refractivity contribution in [2.75, 3.05) is 7.11 Å². The van der Waals surface area contributed by atoms with Crippen molar-refractivity contribution in [3.63, 3.8) is 0 Å². The zero-order chi connectivity index (χ0) is 15.2. The Morgan fingerprint density at radius 2 is 1.75 bits per heavy atom. The van der Waals surface area contributed by atoms with Crippen molar-refractivity contribution in [3.05, 3.63) is 29.8 Å². The molecule has 0 aromatic heterocycles. The number of methoxy groups -OCH3 is 1. The van der Waals surface area contributed by atoms with Crippen molar-refractivity contribution in [3.8, 4) is 5.75 Å². The Morgan fingerprint density at radius 3 is 2.25 bits per heavy atom. The number of hydrogen-bond donors (Lipinski definition) is 1. The number of alkyl halides is 3. The van der Waals surface area contributed by atoms with E-state index in [-0.39, 0.29) is 18.5 Å². The molecule has 0 fully saturated rings. The zero-order valence-electron chi connectivity index (χ0n) is 12.1. The van der Waals surface area contributed by atoms with Crippen LogP contribution in [0.25, 0.3) is 0 Å². The largest absolute Gasteiger partial charge is 0.497 e. The number of nitrogens with one attached hydrogen (secondary N) is 1. The molecule has 0 saturated carbocycles. The molecule has 1 rings (SSSR count). The molecule has 0 radical (unpaired) electrons. The molecular formula is C15H22F3NO. The molecule has 0 heterocycles. The Bertz CT molecular complexity index is 389. The predicted molar refractivity (Wildman–Crippen MR) is 73.9 cm³/mol. The van der Waals surface area contributed by atoms with E-state index in [1.54, 1.807) is 7.11 Å². The molecule has 5 heteroatoms. The first-order chi connectivity index (χ1) is 9.31. The molecule has 0 spiro atoms. The number of benzene rings is 1. The summed E-state index contributed by atoms with van der Waals surface area (Å²) in [4.78, 5) is 0. The Kier molecular flexibility index (Phi) is 6.33. The van der Waals surface area contributed by atoms with Gasteiger partial charge in [-0.2, -0.15) is 13.2 Å². The van der Waals surface area contributed by atoms with E-state index >= 15 is 0 Å². The second-order valence-electron chi connectivity index (χ2n) is 5.07. The Balaban J connectivity index is 2.38. The average Bonchev–Trinajstić information content (AvgIpc) is 2.37. The fraction of sp³-hybridized carbons (Fsp3) is 0.600. The minimum Gasteiger partial charge on any atom is -0.497 e. The van der Waals surface area contributed by atoms with Crippen LogP contribution < -0.4 is 10.1 Å². The van der Waals surface area contributed by atoms with Gasteiger partial charge in [0.2, 0.25) is 0 Å². The van der Waals surface area contributed by atoms with Gasteiger partial charge in [0.1, 0.15) is 5.75 Å². The molecule has 1 aromatic rings. The Hall–Kier alpha value is -1.23. The SMILES string of the molecule is COc1ccc([C@H](C)NC(C)CCCC(F)(F)F)cc1. The van der Waals surface area contributed by atoms with Gasteiger partial charge in [-0.15, -0.1) is 0 Å². The van der Waals surface area contributed by atoms with Gasteiger partial charge in [-0.25, -0.2) is 0 Å². The summed E-state index contributed by atoms with van der Waals surface area (Å²) >= 11 is 0. The summed E-state index contributed by atoms with van der Waals surface area (Å²) in [6.45, 7) is 3.92. The van der Waals surface area contributed by atoms with Gasteiger partial charge in [-0.1, -0.05) is 12.1 Å². The highest BCUT2D eigenvalue weighted by molar-refractivity contribution is 5.28. The van der Waals surface area contributed by atoms with Crippen LogP contribution in [0.2, 0.25) is 0 Å². The van der Waals surface area contributed by atoms with Crippen LogP contribution in [0.5, 0.6) is 5.75 Å². The quantitative estimate of drug-likeness (QED) is 0.799. The van der Waals surface area contributed by atoms with Gasteiger partial charge in [0.25, 0.3) is 0 Å². The van der Waals surface area contributed by atoms with Gasteiger partial charge in [0, 0.05) is 18.5 Å². The normalized spacial score (nSPS) is 14.9. The summed E-state index contributed by atoms with van der Waals surface area (Å²) in [5.41, 5.74) is 1.09. The summed E-state index contributed by atoms with van der Waals surface area (Å²) < 4.78 is 41.3. The van der Waals surface area contributed by atoms with E-state index in [1.807, 2.05) is 38.1 Å². The molecule has 0 bridgehead atoms. The van der Waals surface area contributed by atoms with E-state index in [9.17, 15) is 13.2 Å². The van der Waals surface area contributed by atoms with Gasteiger partial charge in [0.05, 0.1) is 7.11 Å². The molecular weight excluding hydrogens is 267 g/mol. The first-order valence-corrected chi connectivity index (χ1v) is 6.78. The summed E-state index contributed by atoms with van der Waals surface area (Å²) in [5, 5.41) is 3.31. The highest BCUT2D eigenvalue weighted by Gasteiger charge is 2.26. The fourth-order valence-electron chi connectivity index (χ4n) is 2.11. The highest BCUT2D eigenvalue weighted by atomic mass is 19.4. The first kappa shape index (κ1) is 16.8. The molecule has 114 valence electrons. The van der Waals surface area contributed by atoms with Crippen molar-refractivity contribution in [1.82, 2.24) is 5.32 Å². The summed E-state index contributed by atoms with van der Waals surface area (Å²) in [7, 11) is 1.61. The summed E-state index contributed by atoms with van der Waals surface area (Å²) in [6, 6.07) is 7.82. The highest BCUT2D eigenvalue weighted by Crippen LogP contribution is 2.23. The number of hydrogen-bond acceptors (Lipinski definition) is 2. The third-order valence-electron chi connectivity index (χ3n) is 3.25. The fourth-order valence-corrected chi connectivity index (χ4v) is 2.11. The van der Waals surface area contributed by atoms with E-state index in [0.717, 1.165) is 11.3 Å². The molecule has 1 unspecified atom stereocenters. The monoisotopic (exact) mass is 289 g/mol. The smallest absolute Gasteiger partial charge is 0.389 e. The molecule has 1 aromatic carbocycles. The van der Waals surface area contributed by atoms with Gasteiger partial charge >= 0.3 is 6.18 Å². The van der Waals surface area contributed by atoms with Crippen molar-refractivity contribution in [2.24, 2.45) is 0 Å². The third kappa shape index (κ3) is 6.28. The molecule has 2 nitrogen and oxygen atoms in total. The Labute approximate surface area is 118 Å². The minimum absolute atomic E-state index is 0.0504. The molecule has 0 aliphatic heterocycles. The lowest BCUT2D eigenvalue weighted by Gasteiger charge is -2.21. The average molecular weight is 289 g/mol. The van der Waals surface area contributed by atoms with Gasteiger partial charge in [-0.3, -0.25) is 0 Å². The van der Waals surface area contributed by atoms with E-state index in [0.29, 0.717) is 6.42 Å². The van der Waals surface area contributed by atoms with Crippen LogP contribution in [-0.4, -0.2) is 19.3 Å². The molecule has 20 heavy (non-hydrogen) atoms. The lowest BCUT2D eigenvalue weighted by Crippen LogP contribution is -2.29. The van der Waals surface area contributed by atoms with Crippen molar-refractivity contribution < 1.29 is 17.9 Å². The van der Waals surface area contributed by atoms with E-state index < -0.39 is 12.6 Å². The maximum absolute atomic E-state index is 12.1.